The Labute approximate surface area is 90.3 Å². The highest BCUT2D eigenvalue weighted by atomic mass is 35.5. The van der Waals surface area contributed by atoms with Crippen LogP contribution >= 0.6 is 23.2 Å². The summed E-state index contributed by atoms with van der Waals surface area (Å²) in [5.41, 5.74) is 1.33. The molecule has 1 aromatic carbocycles. The van der Waals surface area contributed by atoms with E-state index in [1.807, 2.05) is 0 Å². The molecule has 5 heteroatoms. The number of cyclic esters (lactones) is 1. The Hall–Kier alpha value is -1.06. The lowest BCUT2D eigenvalue weighted by atomic mass is 10.1. The van der Waals surface area contributed by atoms with Crippen molar-refractivity contribution in [3.63, 3.8) is 0 Å². The minimum atomic E-state index is -0.564. The van der Waals surface area contributed by atoms with E-state index in [1.54, 1.807) is 18.2 Å². The maximum Gasteiger partial charge on any atom is 0.434 e. The van der Waals surface area contributed by atoms with E-state index in [-0.39, 0.29) is 6.61 Å². The first-order valence-corrected chi connectivity index (χ1v) is 4.62. The SMILES string of the molecule is O=C1N=C(c2ccc(Cl)c(Cl)c2)CO1. The van der Waals surface area contributed by atoms with E-state index in [2.05, 4.69) is 9.73 Å². The van der Waals surface area contributed by atoms with Gasteiger partial charge in [0.2, 0.25) is 0 Å². The first kappa shape index (κ1) is 9.49. The number of carbonyl (C=O) groups excluding carboxylic acids is 1. The molecule has 0 radical (unpaired) electrons. The average Bonchev–Trinajstić information content (AvgIpc) is 2.57. The van der Waals surface area contributed by atoms with E-state index in [9.17, 15) is 4.79 Å². The topological polar surface area (TPSA) is 38.7 Å². The van der Waals surface area contributed by atoms with Crippen LogP contribution in [0.5, 0.6) is 0 Å². The lowest BCUT2D eigenvalue weighted by molar-refractivity contribution is 0.181. The van der Waals surface area contributed by atoms with Gasteiger partial charge >= 0.3 is 6.09 Å². The van der Waals surface area contributed by atoms with E-state index in [4.69, 9.17) is 23.2 Å². The fourth-order valence-electron chi connectivity index (χ4n) is 1.13. The van der Waals surface area contributed by atoms with Crippen molar-refractivity contribution in [3.05, 3.63) is 33.8 Å². The number of ether oxygens (including phenoxy) is 1. The summed E-state index contributed by atoms with van der Waals surface area (Å²) in [6.45, 7) is 0.191. The zero-order valence-electron chi connectivity index (χ0n) is 6.96. The Kier molecular flexibility index (Phi) is 2.44. The molecular weight excluding hydrogens is 225 g/mol. The summed E-state index contributed by atoms with van der Waals surface area (Å²) in [5, 5.41) is 0.910. The Balaban J connectivity index is 2.38. The van der Waals surface area contributed by atoms with Gasteiger partial charge < -0.3 is 4.74 Å². The molecule has 1 aliphatic rings. The molecule has 0 aromatic heterocycles. The van der Waals surface area contributed by atoms with Crippen LogP contribution in [-0.2, 0) is 4.74 Å². The normalized spacial score (nSPS) is 15.3. The number of halogens is 2. The summed E-state index contributed by atoms with van der Waals surface area (Å²) >= 11 is 11.6. The maximum atomic E-state index is 10.7. The van der Waals surface area contributed by atoms with Gasteiger partial charge in [0.05, 0.1) is 15.8 Å². The highest BCUT2D eigenvalue weighted by Gasteiger charge is 2.16. The molecule has 0 saturated carbocycles. The number of rotatable bonds is 1. The molecule has 1 amide bonds. The Bertz CT molecular complexity index is 429. The molecule has 0 N–H and O–H groups in total. The molecule has 0 unspecified atom stereocenters. The molecule has 2 rings (SSSR count). The highest BCUT2D eigenvalue weighted by molar-refractivity contribution is 6.42. The number of hydrogen-bond donors (Lipinski definition) is 0. The van der Waals surface area contributed by atoms with E-state index in [0.29, 0.717) is 15.8 Å². The number of benzene rings is 1. The Morgan fingerprint density at radius 1 is 1.29 bits per heavy atom. The van der Waals surface area contributed by atoms with Gasteiger partial charge in [-0.25, -0.2) is 4.79 Å². The predicted octanol–water partition coefficient (Wildman–Crippen LogP) is 2.93. The Morgan fingerprint density at radius 2 is 2.07 bits per heavy atom. The molecule has 3 nitrogen and oxygen atoms in total. The molecule has 1 aromatic rings. The first-order chi connectivity index (χ1) is 6.66. The average molecular weight is 230 g/mol. The van der Waals surface area contributed by atoms with Crippen LogP contribution in [0.1, 0.15) is 5.56 Å². The smallest absolute Gasteiger partial charge is 0.434 e. The van der Waals surface area contributed by atoms with Crippen molar-refractivity contribution < 1.29 is 9.53 Å². The van der Waals surface area contributed by atoms with Crippen molar-refractivity contribution >= 4 is 35.0 Å². The second kappa shape index (κ2) is 3.59. The predicted molar refractivity (Wildman–Crippen MR) is 54.3 cm³/mol. The van der Waals surface area contributed by atoms with Crippen LogP contribution in [0.25, 0.3) is 0 Å². The van der Waals surface area contributed by atoms with Gasteiger partial charge in [0.1, 0.15) is 6.61 Å². The molecule has 0 atom stereocenters. The fourth-order valence-corrected chi connectivity index (χ4v) is 1.43. The molecular formula is C9H5Cl2NO2. The third kappa shape index (κ3) is 1.74. The molecule has 0 saturated heterocycles. The summed E-state index contributed by atoms with van der Waals surface area (Å²) in [6, 6.07) is 5.06. The zero-order chi connectivity index (χ0) is 10.1. The van der Waals surface area contributed by atoms with Crippen LogP contribution < -0.4 is 0 Å². The van der Waals surface area contributed by atoms with E-state index in [0.717, 1.165) is 5.56 Å². The maximum absolute atomic E-state index is 10.7. The molecule has 0 fully saturated rings. The van der Waals surface area contributed by atoms with Crippen molar-refractivity contribution in [3.8, 4) is 0 Å². The highest BCUT2D eigenvalue weighted by Crippen LogP contribution is 2.23. The van der Waals surface area contributed by atoms with E-state index < -0.39 is 6.09 Å². The Morgan fingerprint density at radius 3 is 2.64 bits per heavy atom. The van der Waals surface area contributed by atoms with Gasteiger partial charge in [0.25, 0.3) is 0 Å². The van der Waals surface area contributed by atoms with Gasteiger partial charge in [-0.3, -0.25) is 0 Å². The van der Waals surface area contributed by atoms with Crippen molar-refractivity contribution in [2.24, 2.45) is 4.99 Å². The summed E-state index contributed by atoms with van der Waals surface area (Å²) < 4.78 is 4.67. The van der Waals surface area contributed by atoms with Gasteiger partial charge in [0.15, 0.2) is 0 Å². The number of hydrogen-bond acceptors (Lipinski definition) is 2. The monoisotopic (exact) mass is 229 g/mol. The minimum absolute atomic E-state index is 0.191. The summed E-state index contributed by atoms with van der Waals surface area (Å²) in [5.74, 6) is 0. The van der Waals surface area contributed by atoms with Crippen LogP contribution in [0.15, 0.2) is 23.2 Å². The molecule has 0 spiro atoms. The third-order valence-electron chi connectivity index (χ3n) is 1.81. The molecule has 14 heavy (non-hydrogen) atoms. The standard InChI is InChI=1S/C9H5Cl2NO2/c10-6-2-1-5(3-7(6)11)8-4-14-9(13)12-8/h1-3H,4H2. The van der Waals surface area contributed by atoms with Crippen molar-refractivity contribution in [2.45, 2.75) is 0 Å². The lowest BCUT2D eigenvalue weighted by Crippen LogP contribution is -2.02. The molecule has 0 bridgehead atoms. The van der Waals surface area contributed by atoms with Gasteiger partial charge in [-0.15, -0.1) is 0 Å². The second-order valence-corrected chi connectivity index (χ2v) is 3.56. The number of amides is 1. The van der Waals surface area contributed by atoms with Crippen LogP contribution in [0.3, 0.4) is 0 Å². The van der Waals surface area contributed by atoms with E-state index >= 15 is 0 Å². The van der Waals surface area contributed by atoms with Crippen molar-refractivity contribution in [1.29, 1.82) is 0 Å². The van der Waals surface area contributed by atoms with Gasteiger partial charge in [-0.2, -0.15) is 4.99 Å². The quantitative estimate of drug-likeness (QED) is 0.743. The molecule has 72 valence electrons. The fraction of sp³-hybridized carbons (Fsp3) is 0.111. The number of nitrogens with zero attached hydrogens (tertiary/aromatic N) is 1. The summed E-state index contributed by atoms with van der Waals surface area (Å²) in [4.78, 5) is 14.4. The van der Waals surface area contributed by atoms with E-state index in [1.165, 1.54) is 0 Å². The number of carbonyl (C=O) groups is 1. The third-order valence-corrected chi connectivity index (χ3v) is 2.55. The summed E-state index contributed by atoms with van der Waals surface area (Å²) in [6.07, 6.45) is -0.564. The van der Waals surface area contributed by atoms with Crippen molar-refractivity contribution in [2.75, 3.05) is 6.61 Å². The van der Waals surface area contributed by atoms with Crippen LogP contribution in [-0.4, -0.2) is 18.4 Å². The lowest BCUT2D eigenvalue weighted by Gasteiger charge is -2.00. The van der Waals surface area contributed by atoms with Crippen LogP contribution in [0.4, 0.5) is 4.79 Å². The molecule has 1 heterocycles. The van der Waals surface area contributed by atoms with Crippen molar-refractivity contribution in [1.82, 2.24) is 0 Å². The van der Waals surface area contributed by atoms with Crippen LogP contribution in [0, 0.1) is 0 Å². The van der Waals surface area contributed by atoms with Gasteiger partial charge in [0, 0.05) is 5.56 Å². The first-order valence-electron chi connectivity index (χ1n) is 3.86. The largest absolute Gasteiger partial charge is 0.441 e. The molecule has 0 aliphatic carbocycles. The minimum Gasteiger partial charge on any atom is -0.441 e. The zero-order valence-corrected chi connectivity index (χ0v) is 8.47. The van der Waals surface area contributed by atoms with Gasteiger partial charge in [-0.1, -0.05) is 29.3 Å². The number of aliphatic imine (C=N–C) groups is 1. The second-order valence-electron chi connectivity index (χ2n) is 2.74. The van der Waals surface area contributed by atoms with Crippen LogP contribution in [0.2, 0.25) is 10.0 Å². The summed E-state index contributed by atoms with van der Waals surface area (Å²) in [7, 11) is 0. The molecule has 1 aliphatic heterocycles. The van der Waals surface area contributed by atoms with Gasteiger partial charge in [-0.05, 0) is 12.1 Å².